The van der Waals surface area contributed by atoms with Crippen LogP contribution in [-0.2, 0) is 4.74 Å². The number of aliphatic hydroxyl groups excluding tert-OH is 1. The summed E-state index contributed by atoms with van der Waals surface area (Å²) >= 11 is 3.06. The minimum absolute atomic E-state index is 0.273. The summed E-state index contributed by atoms with van der Waals surface area (Å²) in [5.74, 6) is -0.405. The molecule has 0 saturated heterocycles. The van der Waals surface area contributed by atoms with Gasteiger partial charge in [-0.3, -0.25) is 0 Å². The second-order valence-electron chi connectivity index (χ2n) is 5.05. The fraction of sp³-hybridized carbons (Fsp3) is 0.462. The summed E-state index contributed by atoms with van der Waals surface area (Å²) < 4.78 is 18.5. The molecule has 1 amide bonds. The van der Waals surface area contributed by atoms with E-state index in [1.807, 2.05) is 0 Å². The van der Waals surface area contributed by atoms with E-state index in [1.54, 1.807) is 20.8 Å². The fourth-order valence-corrected chi connectivity index (χ4v) is 1.81. The Hall–Kier alpha value is -1.14. The zero-order valence-electron chi connectivity index (χ0n) is 11.0. The van der Waals surface area contributed by atoms with Crippen LogP contribution < -0.4 is 5.32 Å². The molecule has 0 fully saturated rings. The van der Waals surface area contributed by atoms with E-state index < -0.39 is 23.6 Å². The van der Waals surface area contributed by atoms with Crippen molar-refractivity contribution in [2.45, 2.75) is 32.4 Å². The molecule has 0 heterocycles. The van der Waals surface area contributed by atoms with Gasteiger partial charge in [0.05, 0.1) is 17.1 Å². The molecule has 1 aromatic carbocycles. The van der Waals surface area contributed by atoms with Crippen LogP contribution in [0.1, 0.15) is 32.4 Å². The fourth-order valence-electron chi connectivity index (χ4n) is 1.41. The van der Waals surface area contributed by atoms with Crippen molar-refractivity contribution in [3.05, 3.63) is 34.1 Å². The first-order chi connectivity index (χ1) is 8.73. The maximum absolute atomic E-state index is 13.1. The first-order valence-corrected chi connectivity index (χ1v) is 6.57. The van der Waals surface area contributed by atoms with Crippen molar-refractivity contribution >= 4 is 22.0 Å². The Morgan fingerprint density at radius 2 is 2.16 bits per heavy atom. The van der Waals surface area contributed by atoms with E-state index in [1.165, 1.54) is 18.2 Å². The largest absolute Gasteiger partial charge is 0.444 e. The molecule has 1 atom stereocenters. The minimum atomic E-state index is -0.647. The number of aliphatic hydroxyl groups is 1. The highest BCUT2D eigenvalue weighted by molar-refractivity contribution is 9.10. The Labute approximate surface area is 120 Å². The van der Waals surface area contributed by atoms with Crippen molar-refractivity contribution in [1.29, 1.82) is 0 Å². The van der Waals surface area contributed by atoms with Gasteiger partial charge >= 0.3 is 6.09 Å². The van der Waals surface area contributed by atoms with Crippen LogP contribution in [0.2, 0.25) is 0 Å². The lowest BCUT2D eigenvalue weighted by Crippen LogP contribution is -2.36. The van der Waals surface area contributed by atoms with Gasteiger partial charge in [-0.05, 0) is 54.4 Å². The molecule has 0 aliphatic carbocycles. The number of halogens is 2. The Morgan fingerprint density at radius 3 is 2.63 bits per heavy atom. The van der Waals surface area contributed by atoms with E-state index in [4.69, 9.17) is 4.74 Å². The number of carbonyl (C=O) groups is 1. The van der Waals surface area contributed by atoms with Crippen LogP contribution in [-0.4, -0.2) is 23.4 Å². The zero-order valence-corrected chi connectivity index (χ0v) is 12.6. The second-order valence-corrected chi connectivity index (χ2v) is 5.91. The number of alkyl carbamates (subject to hydrolysis) is 1. The Morgan fingerprint density at radius 1 is 1.53 bits per heavy atom. The van der Waals surface area contributed by atoms with Gasteiger partial charge in [0.25, 0.3) is 0 Å². The van der Waals surface area contributed by atoms with Crippen LogP contribution in [0.4, 0.5) is 9.18 Å². The smallest absolute Gasteiger partial charge is 0.408 e. The number of hydrogen-bond acceptors (Lipinski definition) is 3. The predicted octanol–water partition coefficient (Wildman–Crippen LogP) is 3.15. The average Bonchev–Trinajstić information content (AvgIpc) is 2.27. The first-order valence-electron chi connectivity index (χ1n) is 5.78. The maximum Gasteiger partial charge on any atom is 0.408 e. The standard InChI is InChI=1S/C13H17BrFNO3/c1-13(2,3)19-12(18)16-11(7-17)8-4-5-10(15)9(14)6-8/h4-6,11,17H,7H2,1-3H3,(H,16,18)/t11-/m0/s1. The Balaban J connectivity index is 2.78. The molecule has 0 aliphatic rings. The van der Waals surface area contributed by atoms with Crippen LogP contribution in [0.3, 0.4) is 0 Å². The average molecular weight is 334 g/mol. The topological polar surface area (TPSA) is 58.6 Å². The normalized spacial score (nSPS) is 12.9. The monoisotopic (exact) mass is 333 g/mol. The summed E-state index contributed by atoms with van der Waals surface area (Å²) in [4.78, 5) is 11.6. The molecule has 4 nitrogen and oxygen atoms in total. The molecule has 0 saturated carbocycles. The van der Waals surface area contributed by atoms with Crippen molar-refractivity contribution in [3.63, 3.8) is 0 Å². The predicted molar refractivity (Wildman–Crippen MR) is 73.3 cm³/mol. The number of nitrogens with one attached hydrogen (secondary N) is 1. The summed E-state index contributed by atoms with van der Waals surface area (Å²) in [6, 6.07) is 3.62. The van der Waals surface area contributed by atoms with Crippen molar-refractivity contribution in [1.82, 2.24) is 5.32 Å². The van der Waals surface area contributed by atoms with Gasteiger partial charge in [-0.15, -0.1) is 0 Å². The first kappa shape index (κ1) is 15.9. The van der Waals surface area contributed by atoms with Crippen LogP contribution in [0.15, 0.2) is 22.7 Å². The molecule has 0 unspecified atom stereocenters. The van der Waals surface area contributed by atoms with Crippen LogP contribution >= 0.6 is 15.9 Å². The van der Waals surface area contributed by atoms with Crippen molar-refractivity contribution in [2.75, 3.05) is 6.61 Å². The number of rotatable bonds is 3. The van der Waals surface area contributed by atoms with Gasteiger partial charge < -0.3 is 15.2 Å². The van der Waals surface area contributed by atoms with Crippen molar-refractivity contribution in [2.24, 2.45) is 0 Å². The lowest BCUT2D eigenvalue weighted by Gasteiger charge is -2.23. The third-order valence-electron chi connectivity index (χ3n) is 2.22. The third kappa shape index (κ3) is 5.16. The molecule has 0 radical (unpaired) electrons. The van der Waals surface area contributed by atoms with Gasteiger partial charge in [0.1, 0.15) is 11.4 Å². The Bertz CT molecular complexity index is 460. The summed E-state index contributed by atoms with van der Waals surface area (Å²) in [5, 5.41) is 11.8. The molecular formula is C13H17BrFNO3. The summed E-state index contributed by atoms with van der Waals surface area (Å²) in [5.41, 5.74) is -0.0327. The highest BCUT2D eigenvalue weighted by Gasteiger charge is 2.20. The minimum Gasteiger partial charge on any atom is -0.444 e. The number of carbonyl (C=O) groups excluding carboxylic acids is 1. The van der Waals surface area contributed by atoms with Crippen molar-refractivity contribution < 1.29 is 19.0 Å². The number of ether oxygens (including phenoxy) is 1. The maximum atomic E-state index is 13.1. The van der Waals surface area contributed by atoms with Gasteiger partial charge in [-0.25, -0.2) is 9.18 Å². The molecule has 1 aromatic rings. The van der Waals surface area contributed by atoms with E-state index >= 15 is 0 Å². The van der Waals surface area contributed by atoms with Crippen molar-refractivity contribution in [3.8, 4) is 0 Å². The number of hydrogen-bond donors (Lipinski definition) is 2. The van der Waals surface area contributed by atoms with Gasteiger partial charge in [0, 0.05) is 0 Å². The van der Waals surface area contributed by atoms with Gasteiger partial charge in [-0.1, -0.05) is 6.07 Å². The number of amides is 1. The summed E-state index contributed by atoms with van der Waals surface area (Å²) in [7, 11) is 0. The van der Waals surface area contributed by atoms with Crippen LogP contribution in [0.25, 0.3) is 0 Å². The quantitative estimate of drug-likeness (QED) is 0.893. The molecule has 106 valence electrons. The van der Waals surface area contributed by atoms with E-state index in [2.05, 4.69) is 21.2 Å². The van der Waals surface area contributed by atoms with Crippen LogP contribution in [0, 0.1) is 5.82 Å². The summed E-state index contributed by atoms with van der Waals surface area (Å²) in [6.45, 7) is 4.93. The molecule has 6 heteroatoms. The van der Waals surface area contributed by atoms with Gasteiger partial charge in [0.2, 0.25) is 0 Å². The Kier molecular flexibility index (Phi) is 5.31. The van der Waals surface area contributed by atoms with Gasteiger partial charge in [0.15, 0.2) is 0 Å². The lowest BCUT2D eigenvalue weighted by molar-refractivity contribution is 0.0482. The molecule has 0 aromatic heterocycles. The zero-order chi connectivity index (χ0) is 14.6. The summed E-state index contributed by atoms with van der Waals surface area (Å²) in [6.07, 6.45) is -0.632. The SMILES string of the molecule is CC(C)(C)OC(=O)N[C@@H](CO)c1ccc(F)c(Br)c1. The molecule has 0 spiro atoms. The highest BCUT2D eigenvalue weighted by Crippen LogP contribution is 2.21. The van der Waals surface area contributed by atoms with Gasteiger partial charge in [-0.2, -0.15) is 0 Å². The number of benzene rings is 1. The van der Waals surface area contributed by atoms with E-state index in [-0.39, 0.29) is 11.1 Å². The molecule has 19 heavy (non-hydrogen) atoms. The molecule has 0 aliphatic heterocycles. The third-order valence-corrected chi connectivity index (χ3v) is 2.83. The van der Waals surface area contributed by atoms with E-state index in [0.29, 0.717) is 5.56 Å². The van der Waals surface area contributed by atoms with Crippen LogP contribution in [0.5, 0.6) is 0 Å². The van der Waals surface area contributed by atoms with E-state index in [9.17, 15) is 14.3 Å². The molecular weight excluding hydrogens is 317 g/mol. The highest BCUT2D eigenvalue weighted by atomic mass is 79.9. The van der Waals surface area contributed by atoms with E-state index in [0.717, 1.165) is 0 Å². The lowest BCUT2D eigenvalue weighted by atomic mass is 10.1. The molecule has 1 rings (SSSR count). The second kappa shape index (κ2) is 6.34. The molecule has 2 N–H and O–H groups in total. The molecule has 0 bridgehead atoms.